The number of rotatable bonds is 5. The van der Waals surface area contributed by atoms with Crippen LogP contribution in [0.3, 0.4) is 0 Å². The fourth-order valence-corrected chi connectivity index (χ4v) is 1.85. The van der Waals surface area contributed by atoms with Crippen LogP contribution in [0, 0.1) is 5.92 Å². The number of likely N-dealkylation sites (N-methyl/N-ethyl adjacent to an activating group) is 1. The summed E-state index contributed by atoms with van der Waals surface area (Å²) >= 11 is 0. The Morgan fingerprint density at radius 2 is 1.90 bits per heavy atom. The second-order valence-electron chi connectivity index (χ2n) is 5.34. The van der Waals surface area contributed by atoms with Crippen molar-refractivity contribution in [2.75, 3.05) is 18.9 Å². The highest BCUT2D eigenvalue weighted by Crippen LogP contribution is 2.30. The fourth-order valence-electron chi connectivity index (χ4n) is 1.85. The molecule has 0 spiro atoms. The maximum Gasteiger partial charge on any atom is 0.253 e. The normalized spacial score (nSPS) is 14.8. The number of halogens is 1. The monoisotopic (exact) mass is 311 g/mol. The van der Waals surface area contributed by atoms with Crippen molar-refractivity contribution in [3.63, 3.8) is 0 Å². The molecule has 116 valence electrons. The minimum atomic E-state index is -0.0666. The van der Waals surface area contributed by atoms with Crippen LogP contribution in [0.25, 0.3) is 0 Å². The molecule has 1 aromatic carbocycles. The maximum absolute atomic E-state index is 12.2. The average molecular weight is 312 g/mol. The Kier molecular flexibility index (Phi) is 6.18. The summed E-state index contributed by atoms with van der Waals surface area (Å²) in [5.74, 6) is 0.175. The Bertz CT molecular complexity index is 500. The molecule has 21 heavy (non-hydrogen) atoms. The second kappa shape index (κ2) is 7.43. The highest BCUT2D eigenvalue weighted by molar-refractivity contribution is 5.96. The summed E-state index contributed by atoms with van der Waals surface area (Å²) in [6.45, 7) is 2.33. The number of nitrogens with two attached hydrogens (primary N) is 1. The summed E-state index contributed by atoms with van der Waals surface area (Å²) in [5.41, 5.74) is 6.88. The van der Waals surface area contributed by atoms with Crippen LogP contribution in [-0.2, 0) is 4.79 Å². The van der Waals surface area contributed by atoms with Crippen molar-refractivity contribution in [1.82, 2.24) is 4.90 Å². The van der Waals surface area contributed by atoms with Gasteiger partial charge in [-0.2, -0.15) is 0 Å². The molecule has 1 aliphatic rings. The molecule has 1 saturated carbocycles. The third-order valence-electron chi connectivity index (χ3n) is 3.67. The van der Waals surface area contributed by atoms with Crippen LogP contribution in [-0.4, -0.2) is 36.3 Å². The lowest BCUT2D eigenvalue weighted by Gasteiger charge is -2.23. The molecule has 1 fully saturated rings. The minimum Gasteiger partial charge on any atom is -0.338 e. The molecule has 1 unspecified atom stereocenters. The molecule has 1 aromatic rings. The van der Waals surface area contributed by atoms with Gasteiger partial charge in [-0.3, -0.25) is 9.59 Å². The van der Waals surface area contributed by atoms with Gasteiger partial charge in [0.15, 0.2) is 0 Å². The van der Waals surface area contributed by atoms with E-state index in [0.29, 0.717) is 12.1 Å². The number of amides is 2. The van der Waals surface area contributed by atoms with E-state index >= 15 is 0 Å². The lowest BCUT2D eigenvalue weighted by Crippen LogP contribution is -2.39. The topological polar surface area (TPSA) is 75.4 Å². The molecule has 0 saturated heterocycles. The molecule has 2 rings (SSSR count). The van der Waals surface area contributed by atoms with Crippen molar-refractivity contribution in [1.29, 1.82) is 0 Å². The van der Waals surface area contributed by atoms with E-state index in [4.69, 9.17) is 5.73 Å². The van der Waals surface area contributed by atoms with Crippen LogP contribution in [0.15, 0.2) is 24.3 Å². The maximum atomic E-state index is 12.2. The molecule has 0 radical (unpaired) electrons. The van der Waals surface area contributed by atoms with Crippen LogP contribution >= 0.6 is 12.4 Å². The SMILES string of the molecule is CC(CN)N(C)C(=O)c1ccc(NC(=O)C2CC2)cc1.Cl. The smallest absolute Gasteiger partial charge is 0.253 e. The van der Waals surface area contributed by atoms with Gasteiger partial charge < -0.3 is 16.0 Å². The molecule has 0 heterocycles. The number of benzene rings is 1. The molecular formula is C15H22ClN3O2. The van der Waals surface area contributed by atoms with Crippen LogP contribution in [0.1, 0.15) is 30.1 Å². The minimum absolute atomic E-state index is 0. The molecule has 2 amide bonds. The van der Waals surface area contributed by atoms with Gasteiger partial charge in [0, 0.05) is 36.8 Å². The van der Waals surface area contributed by atoms with Crippen molar-refractivity contribution in [2.45, 2.75) is 25.8 Å². The summed E-state index contributed by atoms with van der Waals surface area (Å²) in [5, 5.41) is 2.85. The van der Waals surface area contributed by atoms with Gasteiger partial charge in [0.05, 0.1) is 0 Å². The molecular weight excluding hydrogens is 290 g/mol. The van der Waals surface area contributed by atoms with Crippen molar-refractivity contribution in [3.8, 4) is 0 Å². The molecule has 5 nitrogen and oxygen atoms in total. The number of nitrogens with zero attached hydrogens (tertiary/aromatic N) is 1. The van der Waals surface area contributed by atoms with E-state index in [1.165, 1.54) is 0 Å². The van der Waals surface area contributed by atoms with E-state index in [1.807, 2.05) is 6.92 Å². The van der Waals surface area contributed by atoms with Gasteiger partial charge in [-0.15, -0.1) is 12.4 Å². The number of carbonyl (C=O) groups excluding carboxylic acids is 2. The summed E-state index contributed by atoms with van der Waals surface area (Å²) in [6, 6.07) is 6.97. The van der Waals surface area contributed by atoms with Crippen molar-refractivity contribution >= 4 is 29.9 Å². The van der Waals surface area contributed by atoms with E-state index < -0.39 is 0 Å². The molecule has 0 aromatic heterocycles. The summed E-state index contributed by atoms with van der Waals surface area (Å²) in [6.07, 6.45) is 1.95. The average Bonchev–Trinajstić information content (AvgIpc) is 3.30. The Morgan fingerprint density at radius 3 is 2.38 bits per heavy atom. The summed E-state index contributed by atoms with van der Waals surface area (Å²) in [7, 11) is 1.74. The van der Waals surface area contributed by atoms with Gasteiger partial charge in [-0.05, 0) is 44.0 Å². The fraction of sp³-hybridized carbons (Fsp3) is 0.467. The van der Waals surface area contributed by atoms with E-state index in [2.05, 4.69) is 5.32 Å². The molecule has 0 aliphatic heterocycles. The lowest BCUT2D eigenvalue weighted by molar-refractivity contribution is -0.117. The quantitative estimate of drug-likeness (QED) is 0.871. The van der Waals surface area contributed by atoms with Crippen molar-refractivity contribution in [3.05, 3.63) is 29.8 Å². The third kappa shape index (κ3) is 4.44. The zero-order valence-electron chi connectivity index (χ0n) is 12.3. The molecule has 1 aliphatic carbocycles. The molecule has 3 N–H and O–H groups in total. The largest absolute Gasteiger partial charge is 0.338 e. The predicted octanol–water partition coefficient (Wildman–Crippen LogP) is 1.88. The Balaban J connectivity index is 0.00000220. The summed E-state index contributed by atoms with van der Waals surface area (Å²) in [4.78, 5) is 25.4. The van der Waals surface area contributed by atoms with E-state index in [9.17, 15) is 9.59 Å². The highest BCUT2D eigenvalue weighted by Gasteiger charge is 2.29. The van der Waals surface area contributed by atoms with Gasteiger partial charge in [0.1, 0.15) is 0 Å². The first kappa shape index (κ1) is 17.5. The van der Waals surface area contributed by atoms with Gasteiger partial charge in [0.2, 0.25) is 5.91 Å². The number of anilines is 1. The van der Waals surface area contributed by atoms with Gasteiger partial charge in [-0.25, -0.2) is 0 Å². The number of hydrogen-bond donors (Lipinski definition) is 2. The lowest BCUT2D eigenvalue weighted by atomic mass is 10.1. The van der Waals surface area contributed by atoms with Crippen molar-refractivity contribution < 1.29 is 9.59 Å². The number of carbonyl (C=O) groups is 2. The van der Waals surface area contributed by atoms with E-state index in [-0.39, 0.29) is 36.2 Å². The van der Waals surface area contributed by atoms with Crippen LogP contribution < -0.4 is 11.1 Å². The predicted molar refractivity (Wildman–Crippen MR) is 85.7 cm³/mol. The molecule has 0 bridgehead atoms. The van der Waals surface area contributed by atoms with E-state index in [0.717, 1.165) is 18.5 Å². The number of nitrogens with one attached hydrogen (secondary N) is 1. The Labute approximate surface area is 131 Å². The molecule has 1 atom stereocenters. The first-order chi connectivity index (χ1) is 9.52. The van der Waals surface area contributed by atoms with Crippen LogP contribution in [0.4, 0.5) is 5.69 Å². The Morgan fingerprint density at radius 1 is 1.33 bits per heavy atom. The van der Waals surface area contributed by atoms with Crippen LogP contribution in [0.5, 0.6) is 0 Å². The zero-order valence-corrected chi connectivity index (χ0v) is 13.2. The second-order valence-corrected chi connectivity index (χ2v) is 5.34. The Hall–Kier alpha value is -1.59. The third-order valence-corrected chi connectivity index (χ3v) is 3.67. The van der Waals surface area contributed by atoms with Crippen molar-refractivity contribution in [2.24, 2.45) is 11.7 Å². The standard InChI is InChI=1S/C15H21N3O2.ClH/c1-10(9-16)18(2)15(20)12-5-7-13(8-6-12)17-14(19)11-3-4-11;/h5-8,10-11H,3-4,9,16H2,1-2H3,(H,17,19);1H. The van der Waals surface area contributed by atoms with Gasteiger partial charge >= 0.3 is 0 Å². The first-order valence-electron chi connectivity index (χ1n) is 6.91. The van der Waals surface area contributed by atoms with Gasteiger partial charge in [-0.1, -0.05) is 0 Å². The summed E-state index contributed by atoms with van der Waals surface area (Å²) < 4.78 is 0. The molecule has 6 heteroatoms. The van der Waals surface area contributed by atoms with Gasteiger partial charge in [0.25, 0.3) is 5.91 Å². The first-order valence-corrected chi connectivity index (χ1v) is 6.91. The zero-order chi connectivity index (χ0) is 14.7. The van der Waals surface area contributed by atoms with E-state index in [1.54, 1.807) is 36.2 Å². The van der Waals surface area contributed by atoms with Crippen LogP contribution in [0.2, 0.25) is 0 Å². The number of hydrogen-bond acceptors (Lipinski definition) is 3. The highest BCUT2D eigenvalue weighted by atomic mass is 35.5.